The Kier molecular flexibility index (Phi) is 6.18. The smallest absolute Gasteiger partial charge is 0.251 e. The SMILES string of the molecule is C[C@@H](NC(=O)c1ccc(S(=O)(=O)NCc2ccco2)cc1)c1cccc(Cl)c1. The molecule has 1 amide bonds. The molecule has 1 heterocycles. The Bertz CT molecular complexity index is 1050. The molecule has 2 aromatic carbocycles. The lowest BCUT2D eigenvalue weighted by molar-refractivity contribution is 0.0940. The van der Waals surface area contributed by atoms with E-state index >= 15 is 0 Å². The van der Waals surface area contributed by atoms with Crippen molar-refractivity contribution in [1.29, 1.82) is 0 Å². The minimum atomic E-state index is -3.71. The lowest BCUT2D eigenvalue weighted by atomic mass is 10.1. The number of carbonyl (C=O) groups excluding carboxylic acids is 1. The van der Waals surface area contributed by atoms with Crippen molar-refractivity contribution in [2.24, 2.45) is 0 Å². The molecule has 0 spiro atoms. The molecule has 0 fully saturated rings. The number of amides is 1. The van der Waals surface area contributed by atoms with Gasteiger partial charge >= 0.3 is 0 Å². The van der Waals surface area contributed by atoms with Crippen molar-refractivity contribution in [3.63, 3.8) is 0 Å². The summed E-state index contributed by atoms with van der Waals surface area (Å²) in [6, 6.07) is 16.1. The highest BCUT2D eigenvalue weighted by Gasteiger charge is 2.16. The Morgan fingerprint density at radius 2 is 1.86 bits per heavy atom. The first-order valence-corrected chi connectivity index (χ1v) is 10.4. The van der Waals surface area contributed by atoms with E-state index in [1.54, 1.807) is 24.3 Å². The molecule has 2 N–H and O–H groups in total. The van der Waals surface area contributed by atoms with Crippen LogP contribution in [0.5, 0.6) is 0 Å². The highest BCUT2D eigenvalue weighted by molar-refractivity contribution is 7.89. The van der Waals surface area contributed by atoms with Crippen molar-refractivity contribution in [2.75, 3.05) is 0 Å². The normalized spacial score (nSPS) is 12.5. The fourth-order valence-corrected chi connectivity index (χ4v) is 3.78. The van der Waals surface area contributed by atoms with Gasteiger partial charge in [-0.3, -0.25) is 4.79 Å². The standard InChI is InChI=1S/C20H19ClN2O4S/c1-14(16-4-2-5-17(21)12-16)23-20(24)15-7-9-19(10-8-15)28(25,26)22-13-18-6-3-11-27-18/h2-12,14,22H,13H2,1H3,(H,23,24)/t14-/m1/s1. The molecule has 0 aliphatic carbocycles. The molecule has 3 aromatic rings. The summed E-state index contributed by atoms with van der Waals surface area (Å²) >= 11 is 5.98. The second-order valence-corrected chi connectivity index (χ2v) is 8.38. The van der Waals surface area contributed by atoms with Gasteiger partial charge in [0.1, 0.15) is 5.76 Å². The molecule has 0 aliphatic heterocycles. The molecule has 8 heteroatoms. The number of carbonyl (C=O) groups is 1. The summed E-state index contributed by atoms with van der Waals surface area (Å²) in [7, 11) is -3.71. The number of furan rings is 1. The number of hydrogen-bond donors (Lipinski definition) is 2. The van der Waals surface area contributed by atoms with Crippen LogP contribution in [0.15, 0.2) is 76.2 Å². The van der Waals surface area contributed by atoms with Gasteiger partial charge in [-0.05, 0) is 61.0 Å². The average Bonchev–Trinajstić information content (AvgIpc) is 3.20. The van der Waals surface area contributed by atoms with E-state index in [1.165, 1.54) is 30.5 Å². The summed E-state index contributed by atoms with van der Waals surface area (Å²) in [6.07, 6.45) is 1.47. The second kappa shape index (κ2) is 8.60. The molecular weight excluding hydrogens is 400 g/mol. The van der Waals surface area contributed by atoms with E-state index in [9.17, 15) is 13.2 Å². The molecule has 1 aromatic heterocycles. The van der Waals surface area contributed by atoms with Crippen molar-refractivity contribution in [3.8, 4) is 0 Å². The minimum absolute atomic E-state index is 0.0503. The number of hydrogen-bond acceptors (Lipinski definition) is 4. The second-order valence-electron chi connectivity index (χ2n) is 6.18. The monoisotopic (exact) mass is 418 g/mol. The quantitative estimate of drug-likeness (QED) is 0.609. The van der Waals surface area contributed by atoms with Crippen LogP contribution in [0.25, 0.3) is 0 Å². The molecule has 3 rings (SSSR count). The Hall–Kier alpha value is -2.61. The topological polar surface area (TPSA) is 88.4 Å². The third-order valence-corrected chi connectivity index (χ3v) is 5.79. The first-order chi connectivity index (χ1) is 13.3. The maximum absolute atomic E-state index is 12.4. The van der Waals surface area contributed by atoms with Gasteiger partial charge in [-0.2, -0.15) is 0 Å². The average molecular weight is 419 g/mol. The van der Waals surface area contributed by atoms with E-state index in [2.05, 4.69) is 10.0 Å². The minimum Gasteiger partial charge on any atom is -0.468 e. The van der Waals surface area contributed by atoms with Crippen LogP contribution in [-0.2, 0) is 16.6 Å². The van der Waals surface area contributed by atoms with E-state index in [0.717, 1.165) is 5.56 Å². The summed E-state index contributed by atoms with van der Waals surface area (Å²) in [4.78, 5) is 12.5. The van der Waals surface area contributed by atoms with Crippen molar-refractivity contribution in [2.45, 2.75) is 24.4 Å². The summed E-state index contributed by atoms with van der Waals surface area (Å²) in [5.74, 6) is 0.203. The highest BCUT2D eigenvalue weighted by Crippen LogP contribution is 2.18. The predicted octanol–water partition coefficient (Wildman–Crippen LogP) is 3.90. The summed E-state index contributed by atoms with van der Waals surface area (Å²) in [6.45, 7) is 1.90. The molecule has 0 radical (unpaired) electrons. The maximum Gasteiger partial charge on any atom is 0.251 e. The zero-order chi connectivity index (χ0) is 20.1. The zero-order valence-electron chi connectivity index (χ0n) is 15.1. The summed E-state index contributed by atoms with van der Waals surface area (Å²) < 4.78 is 32.2. The van der Waals surface area contributed by atoms with Crippen LogP contribution >= 0.6 is 11.6 Å². The van der Waals surface area contributed by atoms with Gasteiger partial charge in [0.25, 0.3) is 5.91 Å². The largest absolute Gasteiger partial charge is 0.468 e. The molecule has 0 saturated carbocycles. The van der Waals surface area contributed by atoms with Crippen LogP contribution in [0.3, 0.4) is 0 Å². The number of benzene rings is 2. The van der Waals surface area contributed by atoms with Crippen molar-refractivity contribution in [3.05, 3.63) is 88.8 Å². The van der Waals surface area contributed by atoms with E-state index in [1.807, 2.05) is 19.1 Å². The van der Waals surface area contributed by atoms with Gasteiger partial charge in [0.15, 0.2) is 0 Å². The van der Waals surface area contributed by atoms with Crippen LogP contribution in [0.2, 0.25) is 5.02 Å². The molecule has 0 saturated heterocycles. The maximum atomic E-state index is 12.4. The molecule has 0 unspecified atom stereocenters. The lowest BCUT2D eigenvalue weighted by Crippen LogP contribution is -2.27. The molecule has 28 heavy (non-hydrogen) atoms. The lowest BCUT2D eigenvalue weighted by Gasteiger charge is -2.15. The fraction of sp³-hybridized carbons (Fsp3) is 0.150. The van der Waals surface area contributed by atoms with Gasteiger partial charge < -0.3 is 9.73 Å². The number of sulfonamides is 1. The van der Waals surface area contributed by atoms with E-state index in [4.69, 9.17) is 16.0 Å². The Labute approximate surface area is 168 Å². The van der Waals surface area contributed by atoms with E-state index in [0.29, 0.717) is 16.3 Å². The Balaban J connectivity index is 1.65. The molecular formula is C20H19ClN2O4S. The molecule has 1 atom stereocenters. The third-order valence-electron chi connectivity index (χ3n) is 4.14. The zero-order valence-corrected chi connectivity index (χ0v) is 16.6. The molecule has 6 nitrogen and oxygen atoms in total. The summed E-state index contributed by atoms with van der Waals surface area (Å²) in [5.41, 5.74) is 1.24. The van der Waals surface area contributed by atoms with Gasteiger partial charge in [0, 0.05) is 10.6 Å². The van der Waals surface area contributed by atoms with Crippen molar-refractivity contribution in [1.82, 2.24) is 10.0 Å². The van der Waals surface area contributed by atoms with Crippen LogP contribution < -0.4 is 10.0 Å². The number of halogens is 1. The Morgan fingerprint density at radius 3 is 2.50 bits per heavy atom. The van der Waals surface area contributed by atoms with E-state index in [-0.39, 0.29) is 23.4 Å². The first kappa shape index (κ1) is 20.1. The Morgan fingerprint density at radius 1 is 1.11 bits per heavy atom. The number of nitrogens with one attached hydrogen (secondary N) is 2. The third kappa shape index (κ3) is 5.01. The number of rotatable bonds is 7. The molecule has 0 aliphatic rings. The van der Waals surface area contributed by atoms with Gasteiger partial charge in [0.2, 0.25) is 10.0 Å². The summed E-state index contributed by atoms with van der Waals surface area (Å²) in [5, 5.41) is 3.46. The van der Waals surface area contributed by atoms with Gasteiger partial charge in [-0.1, -0.05) is 23.7 Å². The van der Waals surface area contributed by atoms with Crippen LogP contribution in [0.4, 0.5) is 0 Å². The van der Waals surface area contributed by atoms with Crippen molar-refractivity contribution >= 4 is 27.5 Å². The van der Waals surface area contributed by atoms with E-state index < -0.39 is 10.0 Å². The van der Waals surface area contributed by atoms with Gasteiger partial charge in [0.05, 0.1) is 23.7 Å². The molecule has 0 bridgehead atoms. The highest BCUT2D eigenvalue weighted by atomic mass is 35.5. The van der Waals surface area contributed by atoms with Crippen LogP contribution in [-0.4, -0.2) is 14.3 Å². The van der Waals surface area contributed by atoms with Crippen LogP contribution in [0.1, 0.15) is 34.6 Å². The van der Waals surface area contributed by atoms with Crippen LogP contribution in [0, 0.1) is 0 Å². The molecule has 146 valence electrons. The fourth-order valence-electron chi connectivity index (χ4n) is 2.59. The van der Waals surface area contributed by atoms with Gasteiger partial charge in [-0.25, -0.2) is 13.1 Å². The van der Waals surface area contributed by atoms with Crippen molar-refractivity contribution < 1.29 is 17.6 Å². The van der Waals surface area contributed by atoms with Gasteiger partial charge in [-0.15, -0.1) is 0 Å². The predicted molar refractivity (Wildman–Crippen MR) is 107 cm³/mol. The first-order valence-electron chi connectivity index (χ1n) is 8.53.